The molecule has 0 atom stereocenters. The first-order valence-corrected chi connectivity index (χ1v) is 6.42. The molecule has 5 nitrogen and oxygen atoms in total. The van der Waals surface area contributed by atoms with Gasteiger partial charge in [-0.1, -0.05) is 0 Å². The van der Waals surface area contributed by atoms with Crippen molar-refractivity contribution >= 4 is 6.09 Å². The van der Waals surface area contributed by atoms with E-state index in [9.17, 15) is 4.79 Å². The number of morpholine rings is 1. The third-order valence-electron chi connectivity index (χ3n) is 3.67. The van der Waals surface area contributed by atoms with E-state index in [2.05, 4.69) is 4.90 Å². The second-order valence-electron chi connectivity index (χ2n) is 4.81. The normalized spacial score (nSPS) is 23.7. The van der Waals surface area contributed by atoms with Crippen molar-refractivity contribution in [3.8, 4) is 0 Å². The molecule has 0 aromatic carbocycles. The van der Waals surface area contributed by atoms with E-state index in [0.29, 0.717) is 5.92 Å². The number of hydrogen-bond donors (Lipinski definition) is 0. The van der Waals surface area contributed by atoms with Gasteiger partial charge in [-0.15, -0.1) is 0 Å². The lowest BCUT2D eigenvalue weighted by molar-refractivity contribution is 0.0244. The van der Waals surface area contributed by atoms with Crippen LogP contribution >= 0.6 is 0 Å². The van der Waals surface area contributed by atoms with Gasteiger partial charge in [0.05, 0.1) is 20.3 Å². The van der Waals surface area contributed by atoms with Gasteiger partial charge in [0.25, 0.3) is 0 Å². The Balaban J connectivity index is 1.69. The number of rotatable bonds is 2. The van der Waals surface area contributed by atoms with E-state index in [1.165, 1.54) is 7.11 Å². The monoisotopic (exact) mass is 242 g/mol. The first-order chi connectivity index (χ1) is 8.29. The van der Waals surface area contributed by atoms with Crippen LogP contribution in [0.3, 0.4) is 0 Å². The van der Waals surface area contributed by atoms with Crippen molar-refractivity contribution < 1.29 is 14.3 Å². The number of hydrogen-bond acceptors (Lipinski definition) is 4. The minimum absolute atomic E-state index is 0.185. The van der Waals surface area contributed by atoms with E-state index in [1.54, 1.807) is 4.90 Å². The standard InChI is InChI=1S/C12H22N2O3/c1-16-12(15)14-4-2-11(3-5-14)10-13-6-8-17-9-7-13/h11H,2-10H2,1H3. The Morgan fingerprint density at radius 3 is 2.47 bits per heavy atom. The molecule has 0 radical (unpaired) electrons. The molecule has 0 aromatic heterocycles. The SMILES string of the molecule is COC(=O)N1CCC(CN2CCOCC2)CC1. The van der Waals surface area contributed by atoms with Crippen molar-refractivity contribution in [1.82, 2.24) is 9.80 Å². The molecule has 0 saturated carbocycles. The zero-order valence-corrected chi connectivity index (χ0v) is 10.6. The lowest BCUT2D eigenvalue weighted by atomic mass is 9.96. The highest BCUT2D eigenvalue weighted by Gasteiger charge is 2.25. The van der Waals surface area contributed by atoms with Crippen molar-refractivity contribution in [2.45, 2.75) is 12.8 Å². The molecule has 0 aromatic rings. The third kappa shape index (κ3) is 3.57. The summed E-state index contributed by atoms with van der Waals surface area (Å²) < 4.78 is 10.1. The number of ether oxygens (including phenoxy) is 2. The van der Waals surface area contributed by atoms with Crippen LogP contribution in [0.4, 0.5) is 4.79 Å². The van der Waals surface area contributed by atoms with Crippen molar-refractivity contribution in [2.24, 2.45) is 5.92 Å². The van der Waals surface area contributed by atoms with Crippen molar-refractivity contribution in [1.29, 1.82) is 0 Å². The maximum Gasteiger partial charge on any atom is 0.409 e. The summed E-state index contributed by atoms with van der Waals surface area (Å²) in [5.41, 5.74) is 0. The van der Waals surface area contributed by atoms with Crippen LogP contribution in [0.25, 0.3) is 0 Å². The quantitative estimate of drug-likeness (QED) is 0.718. The van der Waals surface area contributed by atoms with Gasteiger partial charge >= 0.3 is 6.09 Å². The second kappa shape index (κ2) is 6.21. The van der Waals surface area contributed by atoms with Crippen LogP contribution in [-0.2, 0) is 9.47 Å². The molecular weight excluding hydrogens is 220 g/mol. The molecule has 2 fully saturated rings. The molecule has 2 rings (SSSR count). The van der Waals surface area contributed by atoms with E-state index >= 15 is 0 Å². The lowest BCUT2D eigenvalue weighted by Gasteiger charge is -2.35. The van der Waals surface area contributed by atoms with E-state index < -0.39 is 0 Å². The Morgan fingerprint density at radius 1 is 1.24 bits per heavy atom. The Bertz CT molecular complexity index is 246. The first kappa shape index (κ1) is 12.6. The number of likely N-dealkylation sites (tertiary alicyclic amines) is 1. The van der Waals surface area contributed by atoms with E-state index in [4.69, 9.17) is 9.47 Å². The van der Waals surface area contributed by atoms with Crippen LogP contribution in [0.15, 0.2) is 0 Å². The molecule has 0 unspecified atom stereocenters. The van der Waals surface area contributed by atoms with E-state index in [1.807, 2.05) is 0 Å². The number of carbonyl (C=O) groups excluding carboxylic acids is 1. The van der Waals surface area contributed by atoms with Crippen molar-refractivity contribution in [3.05, 3.63) is 0 Å². The summed E-state index contributed by atoms with van der Waals surface area (Å²) in [7, 11) is 1.45. The summed E-state index contributed by atoms with van der Waals surface area (Å²) in [4.78, 5) is 15.6. The number of amides is 1. The highest BCUT2D eigenvalue weighted by Crippen LogP contribution is 2.19. The van der Waals surface area contributed by atoms with Gasteiger partial charge in [0.2, 0.25) is 0 Å². The predicted octanol–water partition coefficient (Wildman–Crippen LogP) is 0.797. The fourth-order valence-corrected chi connectivity index (χ4v) is 2.58. The third-order valence-corrected chi connectivity index (χ3v) is 3.67. The molecule has 0 spiro atoms. The highest BCUT2D eigenvalue weighted by atomic mass is 16.5. The van der Waals surface area contributed by atoms with Gasteiger partial charge < -0.3 is 14.4 Å². The number of methoxy groups -OCH3 is 1. The number of carbonyl (C=O) groups is 1. The van der Waals surface area contributed by atoms with Gasteiger partial charge in [0.1, 0.15) is 0 Å². The average Bonchev–Trinajstić information content (AvgIpc) is 2.40. The maximum absolute atomic E-state index is 11.3. The molecule has 1 amide bonds. The summed E-state index contributed by atoms with van der Waals surface area (Å²) in [6, 6.07) is 0. The minimum Gasteiger partial charge on any atom is -0.453 e. The summed E-state index contributed by atoms with van der Waals surface area (Å²) >= 11 is 0. The van der Waals surface area contributed by atoms with Gasteiger partial charge in [-0.3, -0.25) is 4.90 Å². The van der Waals surface area contributed by atoms with Crippen LogP contribution in [0.5, 0.6) is 0 Å². The Morgan fingerprint density at radius 2 is 1.88 bits per heavy atom. The topological polar surface area (TPSA) is 42.0 Å². The minimum atomic E-state index is -0.185. The van der Waals surface area contributed by atoms with Gasteiger partial charge in [-0.25, -0.2) is 4.79 Å². The fourth-order valence-electron chi connectivity index (χ4n) is 2.58. The fraction of sp³-hybridized carbons (Fsp3) is 0.917. The molecule has 98 valence electrons. The summed E-state index contributed by atoms with van der Waals surface area (Å²) in [5, 5.41) is 0. The molecule has 2 heterocycles. The van der Waals surface area contributed by atoms with E-state index in [0.717, 1.165) is 58.8 Å². The Hall–Kier alpha value is -0.810. The van der Waals surface area contributed by atoms with Gasteiger partial charge in [0.15, 0.2) is 0 Å². The summed E-state index contributed by atoms with van der Waals surface area (Å²) in [5.74, 6) is 0.717. The molecular formula is C12H22N2O3. The smallest absolute Gasteiger partial charge is 0.409 e. The van der Waals surface area contributed by atoms with Crippen LogP contribution in [0.2, 0.25) is 0 Å². The lowest BCUT2D eigenvalue weighted by Crippen LogP contribution is -2.44. The van der Waals surface area contributed by atoms with E-state index in [-0.39, 0.29) is 6.09 Å². The Labute approximate surface area is 103 Å². The largest absolute Gasteiger partial charge is 0.453 e. The van der Waals surface area contributed by atoms with Gasteiger partial charge in [-0.2, -0.15) is 0 Å². The molecule has 17 heavy (non-hydrogen) atoms. The van der Waals surface area contributed by atoms with Gasteiger partial charge in [-0.05, 0) is 18.8 Å². The summed E-state index contributed by atoms with van der Waals surface area (Å²) in [6.45, 7) is 6.65. The molecule has 2 aliphatic heterocycles. The molecule has 0 bridgehead atoms. The number of nitrogens with zero attached hydrogens (tertiary/aromatic N) is 2. The highest BCUT2D eigenvalue weighted by molar-refractivity contribution is 5.67. The molecule has 0 aliphatic carbocycles. The van der Waals surface area contributed by atoms with Gasteiger partial charge in [0, 0.05) is 32.7 Å². The van der Waals surface area contributed by atoms with Crippen LogP contribution < -0.4 is 0 Å². The van der Waals surface area contributed by atoms with Crippen molar-refractivity contribution in [3.63, 3.8) is 0 Å². The molecule has 2 saturated heterocycles. The van der Waals surface area contributed by atoms with Crippen LogP contribution in [-0.4, -0.2) is 68.9 Å². The van der Waals surface area contributed by atoms with Crippen LogP contribution in [0, 0.1) is 5.92 Å². The average molecular weight is 242 g/mol. The molecule has 2 aliphatic rings. The number of piperidine rings is 1. The zero-order chi connectivity index (χ0) is 12.1. The first-order valence-electron chi connectivity index (χ1n) is 6.42. The molecule has 5 heteroatoms. The van der Waals surface area contributed by atoms with Crippen molar-refractivity contribution in [2.75, 3.05) is 53.0 Å². The second-order valence-corrected chi connectivity index (χ2v) is 4.81. The Kier molecular flexibility index (Phi) is 4.62. The van der Waals surface area contributed by atoms with Crippen LogP contribution in [0.1, 0.15) is 12.8 Å². The zero-order valence-electron chi connectivity index (χ0n) is 10.6. The predicted molar refractivity (Wildman–Crippen MR) is 64.0 cm³/mol. The molecule has 0 N–H and O–H groups in total. The maximum atomic E-state index is 11.3. The summed E-state index contributed by atoms with van der Waals surface area (Å²) in [6.07, 6.45) is 1.99.